The Kier molecular flexibility index (Phi) is 5.41. The van der Waals surface area contributed by atoms with Crippen LogP contribution in [0, 0.1) is 6.92 Å². The predicted octanol–water partition coefficient (Wildman–Crippen LogP) is 5.60. The number of hydrogen-bond donors (Lipinski definition) is 2. The van der Waals surface area contributed by atoms with Crippen LogP contribution in [0.25, 0.3) is 22.2 Å². The van der Waals surface area contributed by atoms with Crippen LogP contribution in [-0.2, 0) is 11.3 Å². The monoisotopic (exact) mass is 475 g/mol. The van der Waals surface area contributed by atoms with Crippen LogP contribution >= 0.6 is 0 Å². The molecule has 6 heteroatoms. The SMILES string of the molecule is Cc1ccc(CNC(=O)CN2C(=O)c3ccccc3C2c2c(-c3ccccc3)[nH]c3ccccc23)o1. The summed E-state index contributed by atoms with van der Waals surface area (Å²) in [5.41, 5.74) is 5.48. The molecule has 1 aliphatic heterocycles. The van der Waals surface area contributed by atoms with Crippen molar-refractivity contribution >= 4 is 22.7 Å². The van der Waals surface area contributed by atoms with Crippen molar-refractivity contribution in [2.24, 2.45) is 0 Å². The van der Waals surface area contributed by atoms with Crippen LogP contribution in [0.3, 0.4) is 0 Å². The van der Waals surface area contributed by atoms with E-state index in [0.717, 1.165) is 39.0 Å². The van der Waals surface area contributed by atoms with Crippen LogP contribution in [0.15, 0.2) is 95.4 Å². The Hall–Kier alpha value is -4.58. The summed E-state index contributed by atoms with van der Waals surface area (Å²) >= 11 is 0. The molecular formula is C30H25N3O3. The molecular weight excluding hydrogens is 450 g/mol. The number of furan rings is 1. The van der Waals surface area contributed by atoms with Crippen molar-refractivity contribution in [1.29, 1.82) is 0 Å². The molecule has 6 rings (SSSR count). The smallest absolute Gasteiger partial charge is 0.255 e. The maximum atomic E-state index is 13.6. The van der Waals surface area contributed by atoms with E-state index in [0.29, 0.717) is 11.3 Å². The molecule has 6 nitrogen and oxygen atoms in total. The molecule has 3 aromatic carbocycles. The first-order valence-corrected chi connectivity index (χ1v) is 12.0. The van der Waals surface area contributed by atoms with E-state index < -0.39 is 6.04 Å². The van der Waals surface area contributed by atoms with Crippen molar-refractivity contribution in [2.75, 3.05) is 6.54 Å². The van der Waals surface area contributed by atoms with Gasteiger partial charge in [-0.1, -0.05) is 66.7 Å². The number of rotatable bonds is 6. The van der Waals surface area contributed by atoms with Crippen LogP contribution in [0.1, 0.15) is 39.0 Å². The third-order valence-electron chi connectivity index (χ3n) is 6.71. The van der Waals surface area contributed by atoms with Gasteiger partial charge in [-0.2, -0.15) is 0 Å². The highest BCUT2D eigenvalue weighted by Crippen LogP contribution is 2.45. The topological polar surface area (TPSA) is 78.3 Å². The Morgan fingerprint density at radius 2 is 1.69 bits per heavy atom. The summed E-state index contributed by atoms with van der Waals surface area (Å²) in [4.78, 5) is 31.9. The minimum Gasteiger partial charge on any atom is -0.465 e. The molecule has 0 saturated heterocycles. The summed E-state index contributed by atoms with van der Waals surface area (Å²) in [5.74, 6) is 1.08. The zero-order chi connectivity index (χ0) is 24.6. The number of aromatic nitrogens is 1. The molecule has 0 spiro atoms. The summed E-state index contributed by atoms with van der Waals surface area (Å²) in [6.45, 7) is 2.07. The molecule has 2 aromatic heterocycles. The van der Waals surface area contributed by atoms with Crippen molar-refractivity contribution in [3.8, 4) is 11.3 Å². The molecule has 0 bridgehead atoms. The van der Waals surface area contributed by atoms with E-state index in [1.165, 1.54) is 0 Å². The Morgan fingerprint density at radius 1 is 0.944 bits per heavy atom. The van der Waals surface area contributed by atoms with Gasteiger partial charge in [-0.3, -0.25) is 9.59 Å². The quantitative estimate of drug-likeness (QED) is 0.336. The first-order valence-electron chi connectivity index (χ1n) is 12.0. The lowest BCUT2D eigenvalue weighted by atomic mass is 9.93. The second-order valence-corrected chi connectivity index (χ2v) is 9.04. The molecule has 36 heavy (non-hydrogen) atoms. The average Bonchev–Trinajstić information content (AvgIpc) is 3.58. The van der Waals surface area contributed by atoms with Crippen molar-refractivity contribution in [1.82, 2.24) is 15.2 Å². The van der Waals surface area contributed by atoms with Gasteiger partial charge in [0, 0.05) is 22.0 Å². The van der Waals surface area contributed by atoms with Crippen molar-refractivity contribution in [3.63, 3.8) is 0 Å². The second-order valence-electron chi connectivity index (χ2n) is 9.04. The summed E-state index contributed by atoms with van der Waals surface area (Å²) < 4.78 is 5.57. The maximum Gasteiger partial charge on any atom is 0.255 e. The maximum absolute atomic E-state index is 13.6. The lowest BCUT2D eigenvalue weighted by molar-refractivity contribution is -0.122. The number of aromatic amines is 1. The number of nitrogens with zero attached hydrogens (tertiary/aromatic N) is 1. The molecule has 1 atom stereocenters. The summed E-state index contributed by atoms with van der Waals surface area (Å²) in [7, 11) is 0. The van der Waals surface area contributed by atoms with E-state index in [-0.39, 0.29) is 24.9 Å². The standard InChI is InChI=1S/C30H25N3O3/c1-19-15-16-21(36-19)17-31-26(34)18-33-29(22-11-5-6-12-23(22)30(33)35)27-24-13-7-8-14-25(24)32-28(27)20-9-3-2-4-10-20/h2-16,29,32H,17-18H2,1H3,(H,31,34). The normalized spacial score (nSPS) is 14.9. The lowest BCUT2D eigenvalue weighted by Gasteiger charge is -2.26. The number of carbonyl (C=O) groups excluding carboxylic acids is 2. The van der Waals surface area contributed by atoms with Gasteiger partial charge >= 0.3 is 0 Å². The van der Waals surface area contributed by atoms with Gasteiger partial charge in [-0.05, 0) is 42.3 Å². The minimum atomic E-state index is -0.406. The van der Waals surface area contributed by atoms with Crippen LogP contribution in [0.2, 0.25) is 0 Å². The minimum absolute atomic E-state index is 0.0639. The van der Waals surface area contributed by atoms with Crippen molar-refractivity contribution in [3.05, 3.63) is 119 Å². The van der Waals surface area contributed by atoms with Gasteiger partial charge in [0.1, 0.15) is 18.1 Å². The number of benzene rings is 3. The molecule has 0 radical (unpaired) electrons. The largest absolute Gasteiger partial charge is 0.465 e. The predicted molar refractivity (Wildman–Crippen MR) is 138 cm³/mol. The highest BCUT2D eigenvalue weighted by molar-refractivity contribution is 6.03. The van der Waals surface area contributed by atoms with Crippen LogP contribution in [0.5, 0.6) is 0 Å². The van der Waals surface area contributed by atoms with E-state index in [2.05, 4.69) is 28.5 Å². The molecule has 0 saturated carbocycles. The van der Waals surface area contributed by atoms with E-state index in [9.17, 15) is 9.59 Å². The van der Waals surface area contributed by atoms with Gasteiger partial charge in [0.25, 0.3) is 5.91 Å². The Bertz CT molecular complexity index is 1580. The number of para-hydroxylation sites is 1. The summed E-state index contributed by atoms with van der Waals surface area (Å²) in [5, 5.41) is 3.93. The molecule has 178 valence electrons. The molecule has 5 aromatic rings. The Balaban J connectivity index is 1.43. The first-order chi connectivity index (χ1) is 17.6. The third-order valence-corrected chi connectivity index (χ3v) is 6.71. The number of hydrogen-bond acceptors (Lipinski definition) is 3. The molecule has 3 heterocycles. The number of carbonyl (C=O) groups is 2. The fourth-order valence-corrected chi connectivity index (χ4v) is 5.10. The number of aryl methyl sites for hydroxylation is 1. The molecule has 1 unspecified atom stereocenters. The van der Waals surface area contributed by atoms with Crippen molar-refractivity contribution < 1.29 is 14.0 Å². The fraction of sp³-hybridized carbons (Fsp3) is 0.133. The Labute approximate surface area is 208 Å². The first kappa shape index (κ1) is 21.9. The molecule has 1 aliphatic rings. The van der Waals surface area contributed by atoms with Crippen LogP contribution < -0.4 is 5.32 Å². The average molecular weight is 476 g/mol. The van der Waals surface area contributed by atoms with Gasteiger partial charge in [0.05, 0.1) is 18.3 Å². The van der Waals surface area contributed by atoms with Crippen LogP contribution in [0.4, 0.5) is 0 Å². The molecule has 0 aliphatic carbocycles. The van der Waals surface area contributed by atoms with E-state index >= 15 is 0 Å². The number of H-pyrrole nitrogens is 1. The molecule has 0 fully saturated rings. The number of nitrogens with one attached hydrogen (secondary N) is 2. The number of fused-ring (bicyclic) bond motifs is 2. The second kappa shape index (κ2) is 8.89. The molecule has 2 amide bonds. The van der Waals surface area contributed by atoms with Gasteiger partial charge in [0.15, 0.2) is 0 Å². The van der Waals surface area contributed by atoms with Gasteiger partial charge < -0.3 is 19.6 Å². The Morgan fingerprint density at radius 3 is 2.50 bits per heavy atom. The number of amides is 2. The van der Waals surface area contributed by atoms with E-state index in [1.807, 2.05) is 79.7 Å². The zero-order valence-corrected chi connectivity index (χ0v) is 19.8. The third kappa shape index (κ3) is 3.77. The fourth-order valence-electron chi connectivity index (χ4n) is 5.10. The highest BCUT2D eigenvalue weighted by Gasteiger charge is 2.40. The van der Waals surface area contributed by atoms with Gasteiger partial charge in [-0.25, -0.2) is 0 Å². The zero-order valence-electron chi connectivity index (χ0n) is 19.8. The summed E-state index contributed by atoms with van der Waals surface area (Å²) in [6.07, 6.45) is 0. The lowest BCUT2D eigenvalue weighted by Crippen LogP contribution is -2.39. The van der Waals surface area contributed by atoms with Gasteiger partial charge in [-0.15, -0.1) is 0 Å². The highest BCUT2D eigenvalue weighted by atomic mass is 16.3. The molecule has 2 N–H and O–H groups in total. The summed E-state index contributed by atoms with van der Waals surface area (Å²) in [6, 6.07) is 29.1. The van der Waals surface area contributed by atoms with Gasteiger partial charge in [0.2, 0.25) is 5.91 Å². The van der Waals surface area contributed by atoms with E-state index in [4.69, 9.17) is 4.42 Å². The van der Waals surface area contributed by atoms with Crippen molar-refractivity contribution in [2.45, 2.75) is 19.5 Å². The van der Waals surface area contributed by atoms with Crippen LogP contribution in [-0.4, -0.2) is 28.2 Å². The van der Waals surface area contributed by atoms with E-state index in [1.54, 1.807) is 4.90 Å².